The first-order valence-corrected chi connectivity index (χ1v) is 6.47. The predicted molar refractivity (Wildman–Crippen MR) is 79.5 cm³/mol. The normalized spacial score (nSPS) is 10.9. The Kier molecular flexibility index (Phi) is 5.14. The number of nitro benzene ring substituents is 1. The van der Waals surface area contributed by atoms with E-state index in [0.717, 1.165) is 0 Å². The summed E-state index contributed by atoms with van der Waals surface area (Å²) in [6.07, 6.45) is 2.81. The van der Waals surface area contributed by atoms with Gasteiger partial charge < -0.3 is 4.74 Å². The molecule has 0 aromatic heterocycles. The average molecular weight is 319 g/mol. The smallest absolute Gasteiger partial charge is 0.387 e. The Bertz CT molecular complexity index is 725. The molecule has 0 saturated heterocycles. The Hall–Kier alpha value is -3.09. The zero-order chi connectivity index (χ0) is 16.8. The lowest BCUT2D eigenvalue weighted by molar-refractivity contribution is -0.384. The fourth-order valence-corrected chi connectivity index (χ4v) is 1.78. The van der Waals surface area contributed by atoms with E-state index in [1.807, 2.05) is 0 Å². The number of hydrogen-bond acceptors (Lipinski definition) is 4. The number of halogens is 2. The number of ketones is 1. The molecule has 0 amide bonds. The van der Waals surface area contributed by atoms with Crippen LogP contribution >= 0.6 is 0 Å². The molecule has 2 aromatic carbocycles. The highest BCUT2D eigenvalue weighted by Crippen LogP contribution is 2.16. The first kappa shape index (κ1) is 16.3. The summed E-state index contributed by atoms with van der Waals surface area (Å²) in [5.41, 5.74) is 0.839. The number of benzene rings is 2. The average Bonchev–Trinajstić information content (AvgIpc) is 2.53. The van der Waals surface area contributed by atoms with Crippen molar-refractivity contribution in [3.05, 3.63) is 75.8 Å². The second kappa shape index (κ2) is 7.26. The molecule has 0 spiro atoms. The Labute approximate surface area is 130 Å². The lowest BCUT2D eigenvalue weighted by Gasteiger charge is -2.03. The van der Waals surface area contributed by atoms with E-state index < -0.39 is 11.5 Å². The SMILES string of the molecule is O=C(C=Cc1ccc(OC(F)F)cc1)c1ccc([N+](=O)[O-])cc1. The van der Waals surface area contributed by atoms with E-state index in [4.69, 9.17) is 0 Å². The summed E-state index contributed by atoms with van der Waals surface area (Å²) in [5.74, 6) is -0.299. The molecule has 0 radical (unpaired) electrons. The third-order valence-corrected chi connectivity index (χ3v) is 2.90. The first-order valence-electron chi connectivity index (χ1n) is 6.47. The molecule has 2 rings (SSSR count). The van der Waals surface area contributed by atoms with Gasteiger partial charge in [-0.05, 0) is 35.9 Å². The Morgan fingerprint density at radius 3 is 2.22 bits per heavy atom. The Morgan fingerprint density at radius 2 is 1.70 bits per heavy atom. The highest BCUT2D eigenvalue weighted by atomic mass is 19.3. The van der Waals surface area contributed by atoms with Gasteiger partial charge in [-0.15, -0.1) is 0 Å². The maximum atomic E-state index is 12.0. The molecule has 0 heterocycles. The van der Waals surface area contributed by atoms with Crippen molar-refractivity contribution < 1.29 is 23.2 Å². The lowest BCUT2D eigenvalue weighted by Crippen LogP contribution is -2.01. The highest BCUT2D eigenvalue weighted by Gasteiger charge is 2.07. The minimum absolute atomic E-state index is 0.0267. The van der Waals surface area contributed by atoms with Gasteiger partial charge in [0.25, 0.3) is 5.69 Å². The van der Waals surface area contributed by atoms with Crippen LogP contribution in [0.1, 0.15) is 15.9 Å². The number of non-ortho nitro benzene ring substituents is 1. The molecule has 23 heavy (non-hydrogen) atoms. The van der Waals surface area contributed by atoms with Gasteiger partial charge in [0.15, 0.2) is 5.78 Å². The lowest BCUT2D eigenvalue weighted by atomic mass is 10.1. The van der Waals surface area contributed by atoms with Crippen molar-refractivity contribution >= 4 is 17.5 Å². The molecular weight excluding hydrogens is 308 g/mol. The Balaban J connectivity index is 2.04. The molecule has 5 nitrogen and oxygen atoms in total. The van der Waals surface area contributed by atoms with Gasteiger partial charge in [-0.2, -0.15) is 8.78 Å². The van der Waals surface area contributed by atoms with Crippen LogP contribution in [0.15, 0.2) is 54.6 Å². The van der Waals surface area contributed by atoms with Crippen molar-refractivity contribution in [1.82, 2.24) is 0 Å². The zero-order valence-corrected chi connectivity index (χ0v) is 11.7. The van der Waals surface area contributed by atoms with Gasteiger partial charge in [0, 0.05) is 17.7 Å². The van der Waals surface area contributed by atoms with E-state index >= 15 is 0 Å². The number of nitrogens with zero attached hydrogens (tertiary/aromatic N) is 1. The third kappa shape index (κ3) is 4.70. The van der Waals surface area contributed by atoms with E-state index in [-0.39, 0.29) is 17.2 Å². The number of nitro groups is 1. The molecule has 2 aromatic rings. The van der Waals surface area contributed by atoms with Crippen LogP contribution in [0.2, 0.25) is 0 Å². The number of allylic oxidation sites excluding steroid dienone is 1. The summed E-state index contributed by atoms with van der Waals surface area (Å²) in [5, 5.41) is 10.5. The van der Waals surface area contributed by atoms with Crippen molar-refractivity contribution in [1.29, 1.82) is 0 Å². The summed E-state index contributed by atoms with van der Waals surface area (Å²) in [6, 6.07) is 11.0. The van der Waals surface area contributed by atoms with Crippen LogP contribution in [0.3, 0.4) is 0 Å². The molecule has 0 aliphatic rings. The molecule has 7 heteroatoms. The maximum Gasteiger partial charge on any atom is 0.387 e. The molecular formula is C16H11F2NO4. The predicted octanol–water partition coefficient (Wildman–Crippen LogP) is 4.09. The molecule has 0 aliphatic carbocycles. The monoisotopic (exact) mass is 319 g/mol. The van der Waals surface area contributed by atoms with Gasteiger partial charge in [-0.3, -0.25) is 14.9 Å². The van der Waals surface area contributed by atoms with Crippen LogP contribution in [0.5, 0.6) is 5.75 Å². The van der Waals surface area contributed by atoms with Crippen LogP contribution in [-0.4, -0.2) is 17.3 Å². The van der Waals surface area contributed by atoms with E-state index in [9.17, 15) is 23.7 Å². The summed E-state index contributed by atoms with van der Waals surface area (Å²) in [4.78, 5) is 21.9. The van der Waals surface area contributed by atoms with Crippen molar-refractivity contribution in [2.24, 2.45) is 0 Å². The number of rotatable bonds is 6. The Morgan fingerprint density at radius 1 is 1.09 bits per heavy atom. The third-order valence-electron chi connectivity index (χ3n) is 2.90. The van der Waals surface area contributed by atoms with Crippen LogP contribution in [-0.2, 0) is 0 Å². The molecule has 0 fully saturated rings. The van der Waals surface area contributed by atoms with Crippen molar-refractivity contribution in [3.63, 3.8) is 0 Å². The quantitative estimate of drug-likeness (QED) is 0.348. The van der Waals surface area contributed by atoms with E-state index in [1.165, 1.54) is 60.7 Å². The zero-order valence-electron chi connectivity index (χ0n) is 11.7. The van der Waals surface area contributed by atoms with Crippen LogP contribution in [0, 0.1) is 10.1 Å². The number of alkyl halides is 2. The van der Waals surface area contributed by atoms with Gasteiger partial charge in [0.1, 0.15) is 5.75 Å². The molecule has 118 valence electrons. The molecule has 0 atom stereocenters. The number of ether oxygens (including phenoxy) is 1. The first-order chi connectivity index (χ1) is 11.0. The molecule has 0 saturated carbocycles. The largest absolute Gasteiger partial charge is 0.435 e. The van der Waals surface area contributed by atoms with Gasteiger partial charge in [-0.1, -0.05) is 18.2 Å². The molecule has 0 bridgehead atoms. The second-order valence-corrected chi connectivity index (χ2v) is 4.45. The van der Waals surface area contributed by atoms with Crippen molar-refractivity contribution in [3.8, 4) is 5.75 Å². The summed E-state index contributed by atoms with van der Waals surface area (Å²) >= 11 is 0. The minimum atomic E-state index is -2.89. The fraction of sp³-hybridized carbons (Fsp3) is 0.0625. The number of carbonyl (C=O) groups is 1. The number of hydrogen-bond donors (Lipinski definition) is 0. The molecule has 0 N–H and O–H groups in total. The van der Waals surface area contributed by atoms with Gasteiger partial charge in [-0.25, -0.2) is 0 Å². The van der Waals surface area contributed by atoms with Crippen molar-refractivity contribution in [2.75, 3.05) is 0 Å². The van der Waals surface area contributed by atoms with Crippen molar-refractivity contribution in [2.45, 2.75) is 6.61 Å². The fourth-order valence-electron chi connectivity index (χ4n) is 1.78. The maximum absolute atomic E-state index is 12.0. The molecule has 0 unspecified atom stereocenters. The van der Waals surface area contributed by atoms with E-state index in [1.54, 1.807) is 0 Å². The van der Waals surface area contributed by atoms with Crippen LogP contribution in [0.25, 0.3) is 6.08 Å². The summed E-state index contributed by atoms with van der Waals surface area (Å²) in [7, 11) is 0. The van der Waals surface area contributed by atoms with E-state index in [2.05, 4.69) is 4.74 Å². The summed E-state index contributed by atoms with van der Waals surface area (Å²) < 4.78 is 28.3. The van der Waals surface area contributed by atoms with Crippen LogP contribution in [0.4, 0.5) is 14.5 Å². The van der Waals surface area contributed by atoms with Gasteiger partial charge in [0.2, 0.25) is 0 Å². The highest BCUT2D eigenvalue weighted by molar-refractivity contribution is 6.06. The van der Waals surface area contributed by atoms with Crippen LogP contribution < -0.4 is 4.74 Å². The number of carbonyl (C=O) groups excluding carboxylic acids is 1. The minimum Gasteiger partial charge on any atom is -0.435 e. The van der Waals surface area contributed by atoms with Gasteiger partial charge >= 0.3 is 6.61 Å². The second-order valence-electron chi connectivity index (χ2n) is 4.45. The summed E-state index contributed by atoms with van der Waals surface area (Å²) in [6.45, 7) is -2.89. The topological polar surface area (TPSA) is 69.4 Å². The van der Waals surface area contributed by atoms with Gasteiger partial charge in [0.05, 0.1) is 4.92 Å². The standard InChI is InChI=1S/C16H11F2NO4/c17-16(18)23-14-8-1-11(2-9-14)3-10-15(20)12-4-6-13(7-5-12)19(21)22/h1-10,16H. The van der Waals surface area contributed by atoms with E-state index in [0.29, 0.717) is 11.1 Å². The molecule has 0 aliphatic heterocycles.